The maximum Gasteiger partial charge on any atom is 0.413 e. The number of amides is 1. The standard InChI is InChI=1S/C26H32N4O2/c1-17(30-24(31)32-26(5,6)7)27-15-19-9-8-10-21-22(28-16-29-23(19)21)18-11-13-20(14-12-18)25(2,3)4/h8-14,16,27H,1,15H2,2-7H3,(H,30,31). The molecule has 6 heteroatoms. The van der Waals surface area contributed by atoms with Gasteiger partial charge in [0.05, 0.1) is 11.2 Å². The van der Waals surface area contributed by atoms with E-state index in [0.717, 1.165) is 27.7 Å². The van der Waals surface area contributed by atoms with E-state index in [1.807, 2.05) is 39.0 Å². The zero-order valence-electron chi connectivity index (χ0n) is 19.7. The molecule has 0 aliphatic carbocycles. The van der Waals surface area contributed by atoms with Gasteiger partial charge in [0.2, 0.25) is 0 Å². The van der Waals surface area contributed by atoms with Gasteiger partial charge in [-0.2, -0.15) is 0 Å². The fourth-order valence-corrected chi connectivity index (χ4v) is 3.32. The number of carbonyl (C=O) groups is 1. The molecule has 3 aromatic rings. The van der Waals surface area contributed by atoms with Gasteiger partial charge in [-0.1, -0.05) is 69.8 Å². The minimum atomic E-state index is -0.571. The Morgan fingerprint density at radius 1 is 1.00 bits per heavy atom. The highest BCUT2D eigenvalue weighted by Crippen LogP contribution is 2.29. The number of aromatic nitrogens is 2. The Balaban J connectivity index is 1.79. The Hall–Kier alpha value is -3.41. The van der Waals surface area contributed by atoms with E-state index in [1.165, 1.54) is 5.56 Å². The summed E-state index contributed by atoms with van der Waals surface area (Å²) in [6.45, 7) is 16.3. The van der Waals surface area contributed by atoms with E-state index >= 15 is 0 Å². The smallest absolute Gasteiger partial charge is 0.413 e. The molecule has 1 aromatic heterocycles. The molecule has 0 spiro atoms. The molecule has 0 radical (unpaired) electrons. The molecule has 0 aliphatic heterocycles. The van der Waals surface area contributed by atoms with Crippen molar-refractivity contribution in [2.75, 3.05) is 0 Å². The van der Waals surface area contributed by atoms with Crippen LogP contribution in [0.5, 0.6) is 0 Å². The van der Waals surface area contributed by atoms with Gasteiger partial charge >= 0.3 is 6.09 Å². The summed E-state index contributed by atoms with van der Waals surface area (Å²) in [5.74, 6) is 0.364. The predicted octanol–water partition coefficient (Wildman–Crippen LogP) is 5.68. The van der Waals surface area contributed by atoms with Gasteiger partial charge in [0, 0.05) is 17.5 Å². The van der Waals surface area contributed by atoms with Crippen LogP contribution in [0.1, 0.15) is 52.7 Å². The minimum absolute atomic E-state index is 0.0981. The van der Waals surface area contributed by atoms with Crippen LogP contribution < -0.4 is 10.6 Å². The Kier molecular flexibility index (Phi) is 6.53. The van der Waals surface area contributed by atoms with Crippen molar-refractivity contribution < 1.29 is 9.53 Å². The third-order valence-electron chi connectivity index (χ3n) is 4.92. The molecule has 0 saturated carbocycles. The maximum absolute atomic E-state index is 11.9. The molecule has 0 fully saturated rings. The van der Waals surface area contributed by atoms with Crippen molar-refractivity contribution in [1.29, 1.82) is 0 Å². The number of nitrogens with zero attached hydrogens (tertiary/aromatic N) is 2. The van der Waals surface area contributed by atoms with Crippen LogP contribution in [0.4, 0.5) is 4.79 Å². The molecule has 3 rings (SSSR count). The number of fused-ring (bicyclic) bond motifs is 1. The fraction of sp³-hybridized carbons (Fsp3) is 0.346. The van der Waals surface area contributed by atoms with Gasteiger partial charge in [-0.15, -0.1) is 0 Å². The number of alkyl carbamates (subject to hydrolysis) is 1. The summed E-state index contributed by atoms with van der Waals surface area (Å²) in [4.78, 5) is 21.0. The van der Waals surface area contributed by atoms with Gasteiger partial charge in [-0.3, -0.25) is 5.32 Å². The van der Waals surface area contributed by atoms with Gasteiger partial charge in [-0.25, -0.2) is 14.8 Å². The summed E-state index contributed by atoms with van der Waals surface area (Å²) in [6, 6.07) is 14.5. The lowest BCUT2D eigenvalue weighted by molar-refractivity contribution is 0.0542. The second kappa shape index (κ2) is 8.99. The van der Waals surface area contributed by atoms with Crippen LogP contribution in [0.25, 0.3) is 22.2 Å². The first-order chi connectivity index (χ1) is 14.9. The topological polar surface area (TPSA) is 76.1 Å². The number of hydrogen-bond donors (Lipinski definition) is 2. The highest BCUT2D eigenvalue weighted by molar-refractivity contribution is 5.93. The van der Waals surface area contributed by atoms with Crippen molar-refractivity contribution in [2.45, 2.75) is 59.1 Å². The highest BCUT2D eigenvalue weighted by atomic mass is 16.6. The second-order valence-electron chi connectivity index (χ2n) is 9.82. The first-order valence-corrected chi connectivity index (χ1v) is 10.7. The first-order valence-electron chi connectivity index (χ1n) is 10.7. The van der Waals surface area contributed by atoms with E-state index in [9.17, 15) is 4.79 Å². The monoisotopic (exact) mass is 432 g/mol. The normalized spacial score (nSPS) is 11.8. The van der Waals surface area contributed by atoms with Crippen LogP contribution in [0.15, 0.2) is 61.2 Å². The van der Waals surface area contributed by atoms with E-state index in [2.05, 4.69) is 72.2 Å². The summed E-state index contributed by atoms with van der Waals surface area (Å²) in [5.41, 5.74) is 4.58. The molecule has 32 heavy (non-hydrogen) atoms. The van der Waals surface area contributed by atoms with Gasteiger partial charge in [-0.05, 0) is 37.3 Å². The van der Waals surface area contributed by atoms with Crippen LogP contribution in [0.2, 0.25) is 0 Å². The Bertz CT molecular complexity index is 1120. The molecule has 168 valence electrons. The van der Waals surface area contributed by atoms with Crippen molar-refractivity contribution in [3.05, 3.63) is 72.3 Å². The number of carbonyl (C=O) groups excluding carboxylic acids is 1. The lowest BCUT2D eigenvalue weighted by Gasteiger charge is -2.20. The lowest BCUT2D eigenvalue weighted by atomic mass is 9.86. The number of rotatable bonds is 5. The molecule has 0 atom stereocenters. The van der Waals surface area contributed by atoms with Crippen LogP contribution in [-0.2, 0) is 16.7 Å². The van der Waals surface area contributed by atoms with E-state index in [4.69, 9.17) is 4.74 Å². The minimum Gasteiger partial charge on any atom is -0.444 e. The number of benzene rings is 2. The largest absolute Gasteiger partial charge is 0.444 e. The van der Waals surface area contributed by atoms with Gasteiger partial charge in [0.15, 0.2) is 0 Å². The van der Waals surface area contributed by atoms with E-state index in [1.54, 1.807) is 6.33 Å². The van der Waals surface area contributed by atoms with E-state index in [-0.39, 0.29) is 5.41 Å². The lowest BCUT2D eigenvalue weighted by Crippen LogP contribution is -2.35. The van der Waals surface area contributed by atoms with Gasteiger partial charge < -0.3 is 10.1 Å². The SMILES string of the molecule is C=C(NCc1cccc2c(-c3ccc(C(C)(C)C)cc3)ncnc12)NC(=O)OC(C)(C)C. The van der Waals surface area contributed by atoms with Crippen molar-refractivity contribution in [1.82, 2.24) is 20.6 Å². The molecular formula is C26H32N4O2. The maximum atomic E-state index is 11.9. The Morgan fingerprint density at radius 3 is 2.31 bits per heavy atom. The summed E-state index contributed by atoms with van der Waals surface area (Å²) < 4.78 is 5.25. The second-order valence-corrected chi connectivity index (χ2v) is 9.82. The van der Waals surface area contributed by atoms with Crippen molar-refractivity contribution in [2.24, 2.45) is 0 Å². The predicted molar refractivity (Wildman–Crippen MR) is 129 cm³/mol. The van der Waals surface area contributed by atoms with E-state index < -0.39 is 11.7 Å². The number of ether oxygens (including phenoxy) is 1. The van der Waals surface area contributed by atoms with Crippen LogP contribution in [-0.4, -0.2) is 21.7 Å². The molecule has 1 amide bonds. The summed E-state index contributed by atoms with van der Waals surface area (Å²) in [5, 5.41) is 6.71. The average Bonchev–Trinajstić information content (AvgIpc) is 2.69. The Labute approximate surface area is 190 Å². The summed E-state index contributed by atoms with van der Waals surface area (Å²) in [7, 11) is 0. The Morgan fingerprint density at radius 2 is 1.69 bits per heavy atom. The summed E-state index contributed by atoms with van der Waals surface area (Å²) in [6.07, 6.45) is 1.04. The van der Waals surface area contributed by atoms with Crippen molar-refractivity contribution >= 4 is 17.0 Å². The molecule has 0 bridgehead atoms. The molecule has 2 N–H and O–H groups in total. The zero-order chi connectivity index (χ0) is 23.5. The first kappa shape index (κ1) is 23.3. The summed E-state index contributed by atoms with van der Waals surface area (Å²) >= 11 is 0. The fourth-order valence-electron chi connectivity index (χ4n) is 3.32. The number of nitrogens with one attached hydrogen (secondary N) is 2. The molecule has 0 aliphatic rings. The number of para-hydroxylation sites is 1. The van der Waals surface area contributed by atoms with Crippen LogP contribution >= 0.6 is 0 Å². The van der Waals surface area contributed by atoms with Crippen molar-refractivity contribution in [3.8, 4) is 11.3 Å². The molecule has 0 unspecified atom stereocenters. The van der Waals surface area contributed by atoms with Crippen LogP contribution in [0.3, 0.4) is 0 Å². The number of hydrogen-bond acceptors (Lipinski definition) is 5. The quantitative estimate of drug-likeness (QED) is 0.542. The third kappa shape index (κ3) is 5.84. The van der Waals surface area contributed by atoms with Gasteiger partial charge in [0.25, 0.3) is 0 Å². The molecule has 1 heterocycles. The third-order valence-corrected chi connectivity index (χ3v) is 4.92. The van der Waals surface area contributed by atoms with Gasteiger partial charge in [0.1, 0.15) is 17.7 Å². The average molecular weight is 433 g/mol. The zero-order valence-corrected chi connectivity index (χ0v) is 19.7. The van der Waals surface area contributed by atoms with Crippen molar-refractivity contribution in [3.63, 3.8) is 0 Å². The molecule has 2 aromatic carbocycles. The molecular weight excluding hydrogens is 400 g/mol. The van der Waals surface area contributed by atoms with E-state index in [0.29, 0.717) is 12.4 Å². The highest BCUT2D eigenvalue weighted by Gasteiger charge is 2.17. The molecule has 0 saturated heterocycles. The molecule has 6 nitrogen and oxygen atoms in total. The van der Waals surface area contributed by atoms with Crippen LogP contribution in [0, 0.1) is 0 Å².